The van der Waals surface area contributed by atoms with E-state index in [0.717, 1.165) is 0 Å². The van der Waals surface area contributed by atoms with Gasteiger partial charge < -0.3 is 4.74 Å². The van der Waals surface area contributed by atoms with Crippen LogP contribution in [-0.4, -0.2) is 4.92 Å². The Hall–Kier alpha value is -2.07. The zero-order valence-corrected chi connectivity index (χ0v) is 13.4. The normalized spacial score (nSPS) is 8.62. The maximum Gasteiger partial charge on any atom is 0.269 e. The third-order valence-corrected chi connectivity index (χ3v) is 2.35. The molecule has 2 aromatic carbocycles. The standard InChI is InChI=1S/C12H8ClNO3.2C2H6/c13-9-1-5-11(6-2-9)17-12-7-3-10(4-8-12)14(15)16;2*1-2/h1-8H;2*1-2H3. The summed E-state index contributed by atoms with van der Waals surface area (Å²) in [7, 11) is 0. The minimum Gasteiger partial charge on any atom is -0.457 e. The molecule has 2 rings (SSSR count). The minimum absolute atomic E-state index is 0.0356. The lowest BCUT2D eigenvalue weighted by atomic mass is 10.3. The molecule has 0 atom stereocenters. The van der Waals surface area contributed by atoms with Crippen molar-refractivity contribution in [3.63, 3.8) is 0 Å². The summed E-state index contributed by atoms with van der Waals surface area (Å²) < 4.78 is 5.49. The molecule has 0 spiro atoms. The molecule has 21 heavy (non-hydrogen) atoms. The number of non-ortho nitro benzene ring substituents is 1. The van der Waals surface area contributed by atoms with E-state index in [0.29, 0.717) is 16.5 Å². The van der Waals surface area contributed by atoms with E-state index in [9.17, 15) is 10.1 Å². The number of hydrogen-bond acceptors (Lipinski definition) is 3. The number of nitrogens with zero attached hydrogens (tertiary/aromatic N) is 1. The number of hydrogen-bond donors (Lipinski definition) is 0. The molecular formula is C16H20ClNO3. The van der Waals surface area contributed by atoms with Crippen molar-refractivity contribution in [3.8, 4) is 11.5 Å². The van der Waals surface area contributed by atoms with Gasteiger partial charge in [0.05, 0.1) is 4.92 Å². The number of benzene rings is 2. The smallest absolute Gasteiger partial charge is 0.269 e. The van der Waals surface area contributed by atoms with Crippen LogP contribution in [0.15, 0.2) is 48.5 Å². The maximum absolute atomic E-state index is 10.5. The molecule has 0 heterocycles. The average molecular weight is 310 g/mol. The van der Waals surface area contributed by atoms with Crippen LogP contribution in [0.5, 0.6) is 11.5 Å². The van der Waals surface area contributed by atoms with Gasteiger partial charge in [0.2, 0.25) is 0 Å². The monoisotopic (exact) mass is 309 g/mol. The number of halogens is 1. The van der Waals surface area contributed by atoms with E-state index in [4.69, 9.17) is 16.3 Å². The molecule has 5 heteroatoms. The first-order chi connectivity index (χ1) is 10.1. The molecule has 0 fully saturated rings. The van der Waals surface area contributed by atoms with Gasteiger partial charge in [0.15, 0.2) is 0 Å². The SMILES string of the molecule is CC.CC.O=[N+]([O-])c1ccc(Oc2ccc(Cl)cc2)cc1. The summed E-state index contributed by atoms with van der Waals surface area (Å²) in [6.07, 6.45) is 0. The maximum atomic E-state index is 10.5. The van der Waals surface area contributed by atoms with Crippen molar-refractivity contribution >= 4 is 17.3 Å². The van der Waals surface area contributed by atoms with Gasteiger partial charge >= 0.3 is 0 Å². The largest absolute Gasteiger partial charge is 0.457 e. The second kappa shape index (κ2) is 10.7. The van der Waals surface area contributed by atoms with E-state index in [2.05, 4.69) is 0 Å². The first-order valence-corrected chi connectivity index (χ1v) is 7.21. The van der Waals surface area contributed by atoms with Gasteiger partial charge in [0.25, 0.3) is 5.69 Å². The van der Waals surface area contributed by atoms with E-state index >= 15 is 0 Å². The molecule has 4 nitrogen and oxygen atoms in total. The Morgan fingerprint density at radius 1 is 0.857 bits per heavy atom. The second-order valence-corrected chi connectivity index (χ2v) is 3.74. The molecule has 0 aliphatic rings. The molecule has 0 N–H and O–H groups in total. The van der Waals surface area contributed by atoms with Crippen molar-refractivity contribution in [3.05, 3.63) is 63.7 Å². The molecular weight excluding hydrogens is 290 g/mol. The highest BCUT2D eigenvalue weighted by atomic mass is 35.5. The van der Waals surface area contributed by atoms with Crippen molar-refractivity contribution in [2.24, 2.45) is 0 Å². The molecule has 0 amide bonds. The van der Waals surface area contributed by atoms with Crippen molar-refractivity contribution in [1.82, 2.24) is 0 Å². The van der Waals surface area contributed by atoms with Crippen LogP contribution < -0.4 is 4.74 Å². The van der Waals surface area contributed by atoms with Gasteiger partial charge in [0.1, 0.15) is 11.5 Å². The van der Waals surface area contributed by atoms with Gasteiger partial charge in [-0.2, -0.15) is 0 Å². The lowest BCUT2D eigenvalue weighted by molar-refractivity contribution is -0.384. The predicted molar refractivity (Wildman–Crippen MR) is 87.3 cm³/mol. The van der Waals surface area contributed by atoms with E-state index in [1.807, 2.05) is 27.7 Å². The van der Waals surface area contributed by atoms with Gasteiger partial charge in [-0.05, 0) is 36.4 Å². The number of nitro groups is 1. The highest BCUT2D eigenvalue weighted by Crippen LogP contribution is 2.24. The number of nitro benzene ring substituents is 1. The highest BCUT2D eigenvalue weighted by Gasteiger charge is 2.04. The molecule has 0 aliphatic carbocycles. The van der Waals surface area contributed by atoms with Crippen molar-refractivity contribution in [2.45, 2.75) is 27.7 Å². The van der Waals surface area contributed by atoms with Crippen LogP contribution in [0, 0.1) is 10.1 Å². The van der Waals surface area contributed by atoms with Crippen LogP contribution >= 0.6 is 11.6 Å². The van der Waals surface area contributed by atoms with Crippen LogP contribution in [0.25, 0.3) is 0 Å². The summed E-state index contributed by atoms with van der Waals surface area (Å²) in [6, 6.07) is 12.8. The first kappa shape index (κ1) is 18.9. The quantitative estimate of drug-likeness (QED) is 0.509. The minimum atomic E-state index is -0.452. The molecule has 0 aromatic heterocycles. The van der Waals surface area contributed by atoms with Crippen molar-refractivity contribution in [1.29, 1.82) is 0 Å². The third-order valence-electron chi connectivity index (χ3n) is 2.10. The third kappa shape index (κ3) is 6.77. The van der Waals surface area contributed by atoms with Crippen LogP contribution in [0.2, 0.25) is 5.02 Å². The van der Waals surface area contributed by atoms with Gasteiger partial charge in [-0.3, -0.25) is 10.1 Å². The molecule has 114 valence electrons. The Labute approximate surface area is 130 Å². The van der Waals surface area contributed by atoms with Crippen LogP contribution in [0.4, 0.5) is 5.69 Å². The van der Waals surface area contributed by atoms with Crippen molar-refractivity contribution < 1.29 is 9.66 Å². The Kier molecular flexibility index (Phi) is 9.63. The van der Waals surface area contributed by atoms with Gasteiger partial charge in [0, 0.05) is 17.2 Å². The molecule has 0 saturated heterocycles. The fourth-order valence-corrected chi connectivity index (χ4v) is 1.40. The molecule has 2 aromatic rings. The van der Waals surface area contributed by atoms with Gasteiger partial charge in [-0.1, -0.05) is 39.3 Å². The summed E-state index contributed by atoms with van der Waals surface area (Å²) in [4.78, 5) is 10.0. The lowest BCUT2D eigenvalue weighted by Gasteiger charge is -2.04. The summed E-state index contributed by atoms with van der Waals surface area (Å²) in [5.74, 6) is 1.17. The fourth-order valence-electron chi connectivity index (χ4n) is 1.27. The van der Waals surface area contributed by atoms with E-state index in [1.165, 1.54) is 12.1 Å². The zero-order valence-electron chi connectivity index (χ0n) is 12.7. The average Bonchev–Trinajstić information content (AvgIpc) is 2.54. The van der Waals surface area contributed by atoms with Crippen LogP contribution in [0.3, 0.4) is 0 Å². The Balaban J connectivity index is 0.000000921. The summed E-state index contributed by atoms with van der Waals surface area (Å²) in [5, 5.41) is 11.1. The Morgan fingerprint density at radius 3 is 1.62 bits per heavy atom. The first-order valence-electron chi connectivity index (χ1n) is 6.83. The van der Waals surface area contributed by atoms with Crippen LogP contribution in [-0.2, 0) is 0 Å². The molecule has 0 bridgehead atoms. The Bertz CT molecular complexity index is 524. The summed E-state index contributed by atoms with van der Waals surface area (Å²) in [6.45, 7) is 8.00. The fraction of sp³-hybridized carbons (Fsp3) is 0.250. The summed E-state index contributed by atoms with van der Waals surface area (Å²) in [5.41, 5.74) is 0.0356. The number of ether oxygens (including phenoxy) is 1. The highest BCUT2D eigenvalue weighted by molar-refractivity contribution is 6.30. The topological polar surface area (TPSA) is 52.4 Å². The van der Waals surface area contributed by atoms with E-state index < -0.39 is 4.92 Å². The summed E-state index contributed by atoms with van der Waals surface area (Å²) >= 11 is 5.74. The van der Waals surface area contributed by atoms with Crippen molar-refractivity contribution in [2.75, 3.05) is 0 Å². The van der Waals surface area contributed by atoms with Crippen LogP contribution in [0.1, 0.15) is 27.7 Å². The molecule has 0 aliphatic heterocycles. The zero-order chi connectivity index (χ0) is 16.3. The predicted octanol–water partition coefficient (Wildman–Crippen LogP) is 6.09. The van der Waals surface area contributed by atoms with E-state index in [1.54, 1.807) is 36.4 Å². The second-order valence-electron chi connectivity index (χ2n) is 3.31. The van der Waals surface area contributed by atoms with E-state index in [-0.39, 0.29) is 5.69 Å². The lowest BCUT2D eigenvalue weighted by Crippen LogP contribution is -1.88. The Morgan fingerprint density at radius 2 is 1.24 bits per heavy atom. The van der Waals surface area contributed by atoms with Gasteiger partial charge in [-0.25, -0.2) is 0 Å². The van der Waals surface area contributed by atoms with Gasteiger partial charge in [-0.15, -0.1) is 0 Å². The molecule has 0 unspecified atom stereocenters. The molecule has 0 saturated carbocycles. The molecule has 0 radical (unpaired) electrons. The number of rotatable bonds is 3.